The molecule has 0 bridgehead atoms. The number of aromatic nitrogens is 4. The Labute approximate surface area is 184 Å². The van der Waals surface area contributed by atoms with Gasteiger partial charge in [0.2, 0.25) is 5.67 Å². The molecule has 1 aliphatic rings. The van der Waals surface area contributed by atoms with Crippen LogP contribution < -0.4 is 5.32 Å². The molecule has 2 N–H and O–H groups in total. The van der Waals surface area contributed by atoms with Gasteiger partial charge in [-0.2, -0.15) is 5.10 Å². The number of alkyl halides is 1. The zero-order valence-corrected chi connectivity index (χ0v) is 18.2. The average Bonchev–Trinajstić information content (AvgIpc) is 3.22. The van der Waals surface area contributed by atoms with Crippen LogP contribution in [0.4, 0.5) is 15.0 Å². The third-order valence-electron chi connectivity index (χ3n) is 5.16. The number of nitrogens with zero attached hydrogens (tertiary/aromatic N) is 4. The number of piperidine rings is 1. The zero-order chi connectivity index (χ0) is 22.9. The Balaban J connectivity index is 1.45. The van der Waals surface area contributed by atoms with E-state index in [-0.39, 0.29) is 18.8 Å². The Morgan fingerprint density at radius 2 is 2.03 bits per heavy atom. The van der Waals surface area contributed by atoms with Crippen LogP contribution in [0.1, 0.15) is 33.6 Å². The van der Waals surface area contributed by atoms with Crippen molar-refractivity contribution in [3.8, 4) is 11.3 Å². The quantitative estimate of drug-likeness (QED) is 0.642. The van der Waals surface area contributed by atoms with E-state index in [9.17, 15) is 9.59 Å². The highest BCUT2D eigenvalue weighted by atomic mass is 19.1. The molecular weight excluding hydrogens is 415 g/mol. The number of likely N-dealkylation sites (tertiary alicyclic amines) is 1. The van der Waals surface area contributed by atoms with Gasteiger partial charge in [0, 0.05) is 17.5 Å². The minimum atomic E-state index is -2.24. The van der Waals surface area contributed by atoms with Gasteiger partial charge in [-0.25, -0.2) is 9.18 Å². The van der Waals surface area contributed by atoms with Gasteiger partial charge in [-0.1, -0.05) is 18.2 Å². The van der Waals surface area contributed by atoms with E-state index in [1.165, 1.54) is 4.90 Å². The number of fused-ring (bicyclic) bond motifs is 1. The third-order valence-corrected chi connectivity index (χ3v) is 5.16. The SMILES string of the molecule is CC(C)(C)OC(=O)N1CCC[C@](F)(C(=O)Nc2ccc(-c3cccc4cn[nH]c34)nn2)C1. The second-order valence-electron chi connectivity index (χ2n) is 8.87. The number of carbonyl (C=O) groups is 2. The van der Waals surface area contributed by atoms with Crippen LogP contribution in [-0.2, 0) is 9.53 Å². The van der Waals surface area contributed by atoms with Crippen molar-refractivity contribution in [2.75, 3.05) is 18.4 Å². The second kappa shape index (κ2) is 8.18. The van der Waals surface area contributed by atoms with Crippen molar-refractivity contribution < 1.29 is 18.7 Å². The summed E-state index contributed by atoms with van der Waals surface area (Å²) in [6.07, 6.45) is 1.43. The molecule has 1 fully saturated rings. The van der Waals surface area contributed by atoms with Gasteiger partial charge in [-0.05, 0) is 45.7 Å². The molecule has 2 aromatic heterocycles. The Morgan fingerprint density at radius 3 is 2.75 bits per heavy atom. The molecule has 0 aliphatic carbocycles. The van der Waals surface area contributed by atoms with Gasteiger partial charge < -0.3 is 15.0 Å². The van der Waals surface area contributed by atoms with Crippen molar-refractivity contribution in [3.63, 3.8) is 0 Å². The van der Waals surface area contributed by atoms with Crippen molar-refractivity contribution in [2.45, 2.75) is 44.9 Å². The van der Waals surface area contributed by atoms with Crippen LogP contribution in [0.3, 0.4) is 0 Å². The molecule has 3 aromatic rings. The maximum Gasteiger partial charge on any atom is 0.410 e. The molecule has 10 heteroatoms. The number of nitrogens with one attached hydrogen (secondary N) is 2. The first kappa shape index (κ1) is 21.7. The average molecular weight is 440 g/mol. The molecule has 0 radical (unpaired) electrons. The number of rotatable bonds is 3. The molecule has 1 aliphatic heterocycles. The highest BCUT2D eigenvalue weighted by Gasteiger charge is 2.45. The van der Waals surface area contributed by atoms with Crippen molar-refractivity contribution in [1.29, 1.82) is 0 Å². The minimum absolute atomic E-state index is 0.00542. The molecule has 1 aromatic carbocycles. The van der Waals surface area contributed by atoms with E-state index in [1.54, 1.807) is 39.1 Å². The number of para-hydroxylation sites is 1. The van der Waals surface area contributed by atoms with Crippen LogP contribution in [0.2, 0.25) is 0 Å². The van der Waals surface area contributed by atoms with Crippen LogP contribution in [0.5, 0.6) is 0 Å². The van der Waals surface area contributed by atoms with Gasteiger partial charge in [0.15, 0.2) is 5.82 Å². The summed E-state index contributed by atoms with van der Waals surface area (Å²) in [6, 6.07) is 8.95. The predicted molar refractivity (Wildman–Crippen MR) is 117 cm³/mol. The summed E-state index contributed by atoms with van der Waals surface area (Å²) < 4.78 is 20.8. The first-order valence-corrected chi connectivity index (χ1v) is 10.4. The number of carbonyl (C=O) groups excluding carboxylic acids is 2. The summed E-state index contributed by atoms with van der Waals surface area (Å²) >= 11 is 0. The number of ether oxygens (including phenoxy) is 1. The lowest BCUT2D eigenvalue weighted by atomic mass is 9.94. The van der Waals surface area contributed by atoms with E-state index in [4.69, 9.17) is 4.74 Å². The highest BCUT2D eigenvalue weighted by molar-refractivity contribution is 5.97. The molecule has 0 spiro atoms. The van der Waals surface area contributed by atoms with Crippen LogP contribution in [0, 0.1) is 0 Å². The molecule has 168 valence electrons. The van der Waals surface area contributed by atoms with Gasteiger partial charge in [0.25, 0.3) is 5.91 Å². The van der Waals surface area contributed by atoms with Crippen molar-refractivity contribution >= 4 is 28.7 Å². The van der Waals surface area contributed by atoms with Crippen molar-refractivity contribution in [3.05, 3.63) is 36.5 Å². The number of aromatic amines is 1. The van der Waals surface area contributed by atoms with Crippen LogP contribution >= 0.6 is 0 Å². The standard InChI is InChI=1S/C22H25FN6O3/c1-21(2,3)32-20(31)29-11-5-10-22(23,13-29)19(30)25-17-9-8-16(26-27-17)15-7-4-6-14-12-24-28-18(14)15/h4,6-9,12H,5,10-11,13H2,1-3H3,(H,24,28)(H,25,27,30)/t22-/m1/s1. The second-order valence-corrected chi connectivity index (χ2v) is 8.87. The molecule has 1 saturated heterocycles. The smallest absolute Gasteiger partial charge is 0.410 e. The topological polar surface area (TPSA) is 113 Å². The summed E-state index contributed by atoms with van der Waals surface area (Å²) in [5.41, 5.74) is -0.718. The van der Waals surface area contributed by atoms with E-state index in [2.05, 4.69) is 25.7 Å². The fourth-order valence-electron chi connectivity index (χ4n) is 3.63. The number of benzene rings is 1. The summed E-state index contributed by atoms with van der Waals surface area (Å²) in [6.45, 7) is 5.17. The van der Waals surface area contributed by atoms with E-state index in [1.807, 2.05) is 18.2 Å². The van der Waals surface area contributed by atoms with E-state index in [0.29, 0.717) is 18.7 Å². The normalized spacial score (nSPS) is 19.1. The summed E-state index contributed by atoms with van der Waals surface area (Å²) in [5, 5.41) is 18.6. The number of halogens is 1. The fourth-order valence-corrected chi connectivity index (χ4v) is 3.63. The highest BCUT2D eigenvalue weighted by Crippen LogP contribution is 2.29. The number of H-pyrrole nitrogens is 1. The third kappa shape index (κ3) is 4.53. The number of hydrogen-bond acceptors (Lipinski definition) is 6. The van der Waals surface area contributed by atoms with Gasteiger partial charge in [-0.3, -0.25) is 9.89 Å². The molecule has 3 heterocycles. The van der Waals surface area contributed by atoms with Crippen molar-refractivity contribution in [2.24, 2.45) is 0 Å². The zero-order valence-electron chi connectivity index (χ0n) is 18.2. The monoisotopic (exact) mass is 440 g/mol. The fraction of sp³-hybridized carbons (Fsp3) is 0.409. The van der Waals surface area contributed by atoms with Crippen LogP contribution in [-0.4, -0.2) is 61.7 Å². The molecule has 2 amide bonds. The predicted octanol–water partition coefficient (Wildman–Crippen LogP) is 3.70. The maximum absolute atomic E-state index is 15.5. The Hall–Kier alpha value is -3.56. The lowest BCUT2D eigenvalue weighted by Gasteiger charge is -2.36. The first-order valence-electron chi connectivity index (χ1n) is 10.4. The first-order chi connectivity index (χ1) is 15.1. The molecule has 0 unspecified atom stereocenters. The lowest BCUT2D eigenvalue weighted by Crippen LogP contribution is -2.54. The van der Waals surface area contributed by atoms with Gasteiger partial charge >= 0.3 is 6.09 Å². The Morgan fingerprint density at radius 1 is 1.22 bits per heavy atom. The van der Waals surface area contributed by atoms with Crippen molar-refractivity contribution in [1.82, 2.24) is 25.3 Å². The minimum Gasteiger partial charge on any atom is -0.444 e. The van der Waals surface area contributed by atoms with Gasteiger partial charge in [0.1, 0.15) is 5.60 Å². The Kier molecular flexibility index (Phi) is 5.53. The van der Waals surface area contributed by atoms with E-state index >= 15 is 4.39 Å². The molecule has 9 nitrogen and oxygen atoms in total. The largest absolute Gasteiger partial charge is 0.444 e. The van der Waals surface area contributed by atoms with Crippen LogP contribution in [0.15, 0.2) is 36.5 Å². The maximum atomic E-state index is 15.5. The van der Waals surface area contributed by atoms with E-state index < -0.39 is 23.3 Å². The molecule has 4 rings (SSSR count). The number of hydrogen-bond donors (Lipinski definition) is 2. The number of anilines is 1. The molecule has 0 saturated carbocycles. The molecular formula is C22H25FN6O3. The van der Waals surface area contributed by atoms with Crippen LogP contribution in [0.25, 0.3) is 22.2 Å². The Bertz CT molecular complexity index is 1140. The lowest BCUT2D eigenvalue weighted by molar-refractivity contribution is -0.130. The molecule has 32 heavy (non-hydrogen) atoms. The van der Waals surface area contributed by atoms with Gasteiger partial charge in [0.05, 0.1) is 24.0 Å². The summed E-state index contributed by atoms with van der Waals surface area (Å²) in [7, 11) is 0. The number of amides is 2. The summed E-state index contributed by atoms with van der Waals surface area (Å²) in [5.74, 6) is -0.731. The van der Waals surface area contributed by atoms with Gasteiger partial charge in [-0.15, -0.1) is 10.2 Å². The molecule has 1 atom stereocenters. The summed E-state index contributed by atoms with van der Waals surface area (Å²) in [4.78, 5) is 26.2. The van der Waals surface area contributed by atoms with E-state index in [0.717, 1.165) is 16.5 Å².